The van der Waals surface area contributed by atoms with Gasteiger partial charge in [-0.05, 0) is 12.8 Å². The lowest BCUT2D eigenvalue weighted by atomic mass is 10.2. The van der Waals surface area contributed by atoms with Gasteiger partial charge in [-0.2, -0.15) is 0 Å². The highest BCUT2D eigenvalue weighted by Gasteiger charge is 1.95. The van der Waals surface area contributed by atoms with E-state index in [0.29, 0.717) is 6.42 Å². The molecule has 66 valence electrons. The molecule has 11 heavy (non-hydrogen) atoms. The molecule has 0 rings (SSSR count). The Morgan fingerprint density at radius 3 is 2.64 bits per heavy atom. The molecule has 0 amide bonds. The Hall–Kier alpha value is -0.340. The second-order valence-electron chi connectivity index (χ2n) is 2.69. The molecule has 1 atom stereocenters. The van der Waals surface area contributed by atoms with Gasteiger partial charge in [0.2, 0.25) is 0 Å². The summed E-state index contributed by atoms with van der Waals surface area (Å²) in [6, 6.07) is 0. The van der Waals surface area contributed by atoms with E-state index in [-0.39, 0.29) is 6.61 Å². The van der Waals surface area contributed by atoms with Crippen LogP contribution in [0.4, 0.5) is 0 Å². The molecule has 0 aliphatic rings. The van der Waals surface area contributed by atoms with Gasteiger partial charge in [0, 0.05) is 0 Å². The molecule has 0 aliphatic carbocycles. The highest BCUT2D eigenvalue weighted by Crippen LogP contribution is 1.97. The fraction of sp³-hybridized carbons (Fsp3) is 0.778. The van der Waals surface area contributed by atoms with Crippen LogP contribution < -0.4 is 0 Å². The monoisotopic (exact) mass is 158 g/mol. The zero-order chi connectivity index (χ0) is 8.53. The summed E-state index contributed by atoms with van der Waals surface area (Å²) in [5.74, 6) is 0. The van der Waals surface area contributed by atoms with Gasteiger partial charge >= 0.3 is 0 Å². The molecular weight excluding hydrogens is 140 g/mol. The van der Waals surface area contributed by atoms with E-state index in [0.717, 1.165) is 6.42 Å². The number of aliphatic hydroxyl groups is 2. The maximum atomic E-state index is 8.91. The van der Waals surface area contributed by atoms with E-state index in [1.807, 2.05) is 6.08 Å². The number of aliphatic hydroxyl groups excluding tert-OH is 2. The maximum Gasteiger partial charge on any atom is 0.0805 e. The first-order valence-corrected chi connectivity index (χ1v) is 4.25. The van der Waals surface area contributed by atoms with Crippen molar-refractivity contribution in [1.82, 2.24) is 0 Å². The van der Waals surface area contributed by atoms with E-state index in [1.54, 1.807) is 0 Å². The summed E-state index contributed by atoms with van der Waals surface area (Å²) in [5, 5.41) is 17.4. The molecule has 0 radical (unpaired) electrons. The van der Waals surface area contributed by atoms with Gasteiger partial charge in [0.25, 0.3) is 0 Å². The number of rotatable bonds is 6. The first kappa shape index (κ1) is 10.7. The summed E-state index contributed by atoms with van der Waals surface area (Å²) in [6.07, 6.45) is 7.46. The first-order valence-electron chi connectivity index (χ1n) is 4.25. The van der Waals surface area contributed by atoms with Gasteiger partial charge in [-0.15, -0.1) is 0 Å². The third-order valence-electron chi connectivity index (χ3n) is 1.51. The van der Waals surface area contributed by atoms with Gasteiger partial charge in [-0.25, -0.2) is 0 Å². The van der Waals surface area contributed by atoms with Crippen LogP contribution >= 0.6 is 0 Å². The summed E-state index contributed by atoms with van der Waals surface area (Å²) in [7, 11) is 0. The third kappa shape index (κ3) is 7.56. The van der Waals surface area contributed by atoms with Crippen LogP contribution in [0.25, 0.3) is 0 Å². The Kier molecular flexibility index (Phi) is 7.52. The normalized spacial score (nSPS) is 14.1. The van der Waals surface area contributed by atoms with E-state index < -0.39 is 6.10 Å². The van der Waals surface area contributed by atoms with Crippen LogP contribution in [0.5, 0.6) is 0 Å². The van der Waals surface area contributed by atoms with E-state index in [9.17, 15) is 0 Å². The quantitative estimate of drug-likeness (QED) is 0.454. The van der Waals surface area contributed by atoms with Crippen molar-refractivity contribution < 1.29 is 10.2 Å². The van der Waals surface area contributed by atoms with Crippen molar-refractivity contribution in [2.45, 2.75) is 38.7 Å². The van der Waals surface area contributed by atoms with Gasteiger partial charge in [0.1, 0.15) is 0 Å². The predicted molar refractivity (Wildman–Crippen MR) is 46.4 cm³/mol. The van der Waals surface area contributed by atoms with Crippen LogP contribution in [-0.2, 0) is 0 Å². The molecule has 0 bridgehead atoms. The average molecular weight is 158 g/mol. The minimum atomic E-state index is -0.576. The summed E-state index contributed by atoms with van der Waals surface area (Å²) in [4.78, 5) is 0. The molecule has 2 heteroatoms. The summed E-state index contributed by atoms with van der Waals surface area (Å²) in [6.45, 7) is 2.01. The largest absolute Gasteiger partial charge is 0.394 e. The molecule has 0 aromatic heterocycles. The number of hydrogen-bond donors (Lipinski definition) is 2. The zero-order valence-corrected chi connectivity index (χ0v) is 7.16. The SMILES string of the molecule is CCCCC=CCC(O)CO. The van der Waals surface area contributed by atoms with Crippen molar-refractivity contribution in [3.8, 4) is 0 Å². The Morgan fingerprint density at radius 2 is 2.09 bits per heavy atom. The second kappa shape index (κ2) is 7.76. The summed E-state index contributed by atoms with van der Waals surface area (Å²) < 4.78 is 0. The van der Waals surface area contributed by atoms with Gasteiger partial charge in [-0.1, -0.05) is 31.9 Å². The summed E-state index contributed by atoms with van der Waals surface area (Å²) in [5.41, 5.74) is 0. The lowest BCUT2D eigenvalue weighted by molar-refractivity contribution is 0.0975. The van der Waals surface area contributed by atoms with Crippen LogP contribution in [-0.4, -0.2) is 22.9 Å². The zero-order valence-electron chi connectivity index (χ0n) is 7.16. The van der Waals surface area contributed by atoms with Crippen molar-refractivity contribution in [2.75, 3.05) is 6.61 Å². The van der Waals surface area contributed by atoms with E-state index in [2.05, 4.69) is 13.0 Å². The van der Waals surface area contributed by atoms with Gasteiger partial charge in [-0.3, -0.25) is 0 Å². The predicted octanol–water partition coefficient (Wildman–Crippen LogP) is 1.48. The topological polar surface area (TPSA) is 40.5 Å². The molecule has 0 spiro atoms. The molecule has 2 nitrogen and oxygen atoms in total. The molecule has 0 fully saturated rings. The van der Waals surface area contributed by atoms with Crippen molar-refractivity contribution in [3.63, 3.8) is 0 Å². The van der Waals surface area contributed by atoms with Crippen molar-refractivity contribution in [3.05, 3.63) is 12.2 Å². The highest BCUT2D eigenvalue weighted by atomic mass is 16.3. The molecular formula is C9H18O2. The van der Waals surface area contributed by atoms with Crippen LogP contribution in [0.15, 0.2) is 12.2 Å². The Labute approximate surface area is 68.6 Å². The molecule has 2 N–H and O–H groups in total. The fourth-order valence-electron chi connectivity index (χ4n) is 0.768. The van der Waals surface area contributed by atoms with Crippen molar-refractivity contribution >= 4 is 0 Å². The van der Waals surface area contributed by atoms with Crippen LogP contribution in [0.1, 0.15) is 32.6 Å². The minimum absolute atomic E-state index is 0.141. The van der Waals surface area contributed by atoms with E-state index >= 15 is 0 Å². The standard InChI is InChI=1S/C9H18O2/c1-2-3-4-5-6-7-9(11)8-10/h5-6,9-11H,2-4,7-8H2,1H3. The Bertz CT molecular complexity index is 99.7. The van der Waals surface area contributed by atoms with E-state index in [4.69, 9.17) is 10.2 Å². The van der Waals surface area contributed by atoms with Gasteiger partial charge in [0.05, 0.1) is 12.7 Å². The van der Waals surface area contributed by atoms with Gasteiger partial charge < -0.3 is 10.2 Å². The molecule has 0 aliphatic heterocycles. The molecule has 0 aromatic carbocycles. The number of hydrogen-bond acceptors (Lipinski definition) is 2. The number of allylic oxidation sites excluding steroid dienone is 1. The van der Waals surface area contributed by atoms with Crippen LogP contribution in [0.3, 0.4) is 0 Å². The smallest absolute Gasteiger partial charge is 0.0805 e. The van der Waals surface area contributed by atoms with Gasteiger partial charge in [0.15, 0.2) is 0 Å². The minimum Gasteiger partial charge on any atom is -0.394 e. The second-order valence-corrected chi connectivity index (χ2v) is 2.69. The molecule has 0 aromatic rings. The van der Waals surface area contributed by atoms with Crippen LogP contribution in [0, 0.1) is 0 Å². The van der Waals surface area contributed by atoms with Crippen LogP contribution in [0.2, 0.25) is 0 Å². The van der Waals surface area contributed by atoms with E-state index in [1.165, 1.54) is 12.8 Å². The molecule has 1 unspecified atom stereocenters. The lowest BCUT2D eigenvalue weighted by Crippen LogP contribution is -2.09. The lowest BCUT2D eigenvalue weighted by Gasteiger charge is -2.00. The third-order valence-corrected chi connectivity index (χ3v) is 1.51. The first-order chi connectivity index (χ1) is 5.31. The average Bonchev–Trinajstić information content (AvgIpc) is 2.04. The van der Waals surface area contributed by atoms with Crippen molar-refractivity contribution in [1.29, 1.82) is 0 Å². The maximum absolute atomic E-state index is 8.91. The molecule has 0 saturated heterocycles. The van der Waals surface area contributed by atoms with Crippen molar-refractivity contribution in [2.24, 2.45) is 0 Å². The Balaban J connectivity index is 3.15. The Morgan fingerprint density at radius 1 is 1.36 bits per heavy atom. The molecule has 0 heterocycles. The number of unbranched alkanes of at least 4 members (excludes halogenated alkanes) is 2. The fourth-order valence-corrected chi connectivity index (χ4v) is 0.768. The highest BCUT2D eigenvalue weighted by molar-refractivity contribution is 4.83. The summed E-state index contributed by atoms with van der Waals surface area (Å²) >= 11 is 0. The molecule has 0 saturated carbocycles.